The Morgan fingerprint density at radius 3 is 2.53 bits per heavy atom. The van der Waals surface area contributed by atoms with Crippen LogP contribution in [-0.4, -0.2) is 16.1 Å². The van der Waals surface area contributed by atoms with E-state index in [0.717, 1.165) is 36.9 Å². The van der Waals surface area contributed by atoms with Crippen LogP contribution in [0.15, 0.2) is 0 Å². The quantitative estimate of drug-likeness (QED) is 0.764. The van der Waals surface area contributed by atoms with Gasteiger partial charge in [-0.05, 0) is 25.7 Å². The number of nitrogens with zero attached hydrogens (tertiary/aromatic N) is 2. The monoisotopic (exact) mass is 264 g/mol. The second kappa shape index (κ2) is 4.80. The van der Waals surface area contributed by atoms with Gasteiger partial charge in [-0.3, -0.25) is 0 Å². The van der Waals surface area contributed by atoms with E-state index in [2.05, 4.69) is 9.97 Å². The molecule has 2 nitrogen and oxygen atoms in total. The van der Waals surface area contributed by atoms with Crippen LogP contribution in [0.4, 0.5) is 13.2 Å². The topological polar surface area (TPSA) is 25.8 Å². The summed E-state index contributed by atoms with van der Waals surface area (Å²) in [7, 11) is 0. The smallest absolute Gasteiger partial charge is 0.238 e. The zero-order valence-electron chi connectivity index (χ0n) is 9.15. The first kappa shape index (κ1) is 12.6. The number of alkyl halides is 3. The van der Waals surface area contributed by atoms with Gasteiger partial charge in [0.15, 0.2) is 0 Å². The first-order valence-corrected chi connectivity index (χ1v) is 5.94. The van der Waals surface area contributed by atoms with Gasteiger partial charge in [0.1, 0.15) is 11.0 Å². The van der Waals surface area contributed by atoms with E-state index in [9.17, 15) is 13.2 Å². The van der Waals surface area contributed by atoms with E-state index in [-0.39, 0.29) is 12.2 Å². The molecule has 0 fully saturated rings. The molecule has 6 heteroatoms. The van der Waals surface area contributed by atoms with E-state index in [1.54, 1.807) is 0 Å². The average Bonchev–Trinajstić information content (AvgIpc) is 2.26. The van der Waals surface area contributed by atoms with Crippen molar-refractivity contribution in [2.45, 2.75) is 44.7 Å². The molecule has 0 spiro atoms. The maximum absolute atomic E-state index is 12.1. The first-order chi connectivity index (χ1) is 7.96. The van der Waals surface area contributed by atoms with E-state index in [4.69, 9.17) is 11.6 Å². The molecule has 0 aliphatic heterocycles. The van der Waals surface area contributed by atoms with Crippen molar-refractivity contribution >= 4 is 11.6 Å². The van der Waals surface area contributed by atoms with Crippen molar-refractivity contribution in [3.05, 3.63) is 22.2 Å². The molecule has 1 aromatic rings. The molecule has 1 heterocycles. The maximum atomic E-state index is 12.1. The molecule has 1 aliphatic rings. The van der Waals surface area contributed by atoms with E-state index in [1.807, 2.05) is 0 Å². The van der Waals surface area contributed by atoms with Crippen molar-refractivity contribution in [1.29, 1.82) is 0 Å². The number of hydrogen-bond donors (Lipinski definition) is 0. The first-order valence-electron chi connectivity index (χ1n) is 5.56. The second-order valence-electron chi connectivity index (χ2n) is 4.18. The maximum Gasteiger partial charge on any atom is 0.389 e. The lowest BCUT2D eigenvalue weighted by molar-refractivity contribution is -0.134. The number of halogens is 4. The molecule has 0 unspecified atom stereocenters. The van der Waals surface area contributed by atoms with E-state index in [0.29, 0.717) is 5.15 Å². The van der Waals surface area contributed by atoms with Gasteiger partial charge in [-0.15, -0.1) is 0 Å². The Labute approximate surface area is 102 Å². The standard InChI is InChI=1S/C11H12ClF3N2/c12-10-7-3-1-2-4-8(7)16-9(17-10)5-6-11(13,14)15/h1-6H2. The van der Waals surface area contributed by atoms with Gasteiger partial charge in [0.2, 0.25) is 0 Å². The molecule has 0 saturated carbocycles. The Morgan fingerprint density at radius 2 is 1.82 bits per heavy atom. The van der Waals surface area contributed by atoms with Gasteiger partial charge in [-0.25, -0.2) is 9.97 Å². The van der Waals surface area contributed by atoms with Crippen LogP contribution in [0.1, 0.15) is 36.3 Å². The van der Waals surface area contributed by atoms with Gasteiger partial charge in [0, 0.05) is 17.7 Å². The highest BCUT2D eigenvalue weighted by Crippen LogP contribution is 2.27. The molecule has 0 N–H and O–H groups in total. The van der Waals surface area contributed by atoms with Gasteiger partial charge < -0.3 is 0 Å². The molecule has 17 heavy (non-hydrogen) atoms. The van der Waals surface area contributed by atoms with Crippen molar-refractivity contribution in [1.82, 2.24) is 9.97 Å². The molecule has 0 amide bonds. The fourth-order valence-corrected chi connectivity index (χ4v) is 2.26. The summed E-state index contributed by atoms with van der Waals surface area (Å²) in [5, 5.41) is 0.326. The fraction of sp³-hybridized carbons (Fsp3) is 0.636. The Balaban J connectivity index is 2.16. The third-order valence-electron chi connectivity index (χ3n) is 2.81. The Bertz CT molecular complexity index is 418. The zero-order chi connectivity index (χ0) is 12.5. The minimum absolute atomic E-state index is 0.198. The summed E-state index contributed by atoms with van der Waals surface area (Å²) in [4.78, 5) is 8.13. The molecule has 2 rings (SSSR count). The Hall–Kier alpha value is -0.840. The van der Waals surface area contributed by atoms with Gasteiger partial charge in [0.25, 0.3) is 0 Å². The summed E-state index contributed by atoms with van der Waals surface area (Å²) in [5.74, 6) is 0.202. The van der Waals surface area contributed by atoms with Crippen LogP contribution in [-0.2, 0) is 19.3 Å². The Morgan fingerprint density at radius 1 is 1.12 bits per heavy atom. The average molecular weight is 265 g/mol. The lowest BCUT2D eigenvalue weighted by atomic mass is 9.97. The predicted molar refractivity (Wildman–Crippen MR) is 58.1 cm³/mol. The number of hydrogen-bond acceptors (Lipinski definition) is 2. The van der Waals surface area contributed by atoms with Crippen molar-refractivity contribution in [3.63, 3.8) is 0 Å². The van der Waals surface area contributed by atoms with Crippen molar-refractivity contribution in [3.8, 4) is 0 Å². The number of fused-ring (bicyclic) bond motifs is 1. The molecular formula is C11H12ClF3N2. The minimum Gasteiger partial charge on any atom is -0.238 e. The third kappa shape index (κ3) is 3.31. The number of rotatable bonds is 2. The molecule has 94 valence electrons. The summed E-state index contributed by atoms with van der Waals surface area (Å²) >= 11 is 5.96. The van der Waals surface area contributed by atoms with Gasteiger partial charge in [-0.1, -0.05) is 11.6 Å². The van der Waals surface area contributed by atoms with Crippen LogP contribution >= 0.6 is 11.6 Å². The lowest BCUT2D eigenvalue weighted by Gasteiger charge is -2.16. The summed E-state index contributed by atoms with van der Waals surface area (Å²) in [6, 6.07) is 0. The van der Waals surface area contributed by atoms with Gasteiger partial charge in [0.05, 0.1) is 6.42 Å². The summed E-state index contributed by atoms with van der Waals surface area (Å²) in [6.07, 6.45) is -1.61. The highest BCUT2D eigenvalue weighted by molar-refractivity contribution is 6.30. The SMILES string of the molecule is FC(F)(F)CCc1nc(Cl)c2c(n1)CCCC2. The normalized spacial score (nSPS) is 15.8. The molecule has 1 aliphatic carbocycles. The van der Waals surface area contributed by atoms with Gasteiger partial charge >= 0.3 is 6.18 Å². The molecule has 1 aromatic heterocycles. The highest BCUT2D eigenvalue weighted by atomic mass is 35.5. The third-order valence-corrected chi connectivity index (χ3v) is 3.12. The second-order valence-corrected chi connectivity index (χ2v) is 4.54. The van der Waals surface area contributed by atoms with E-state index >= 15 is 0 Å². The summed E-state index contributed by atoms with van der Waals surface area (Å²) < 4.78 is 36.3. The largest absolute Gasteiger partial charge is 0.389 e. The number of aromatic nitrogens is 2. The lowest BCUT2D eigenvalue weighted by Crippen LogP contribution is -2.14. The molecule has 0 aromatic carbocycles. The van der Waals surface area contributed by atoms with E-state index in [1.165, 1.54) is 0 Å². The fourth-order valence-electron chi connectivity index (χ4n) is 1.96. The van der Waals surface area contributed by atoms with Crippen LogP contribution < -0.4 is 0 Å². The molecular weight excluding hydrogens is 253 g/mol. The van der Waals surface area contributed by atoms with Crippen LogP contribution in [0.5, 0.6) is 0 Å². The molecule has 0 radical (unpaired) electrons. The zero-order valence-corrected chi connectivity index (χ0v) is 9.90. The molecule has 0 atom stereocenters. The predicted octanol–water partition coefficient (Wildman–Crippen LogP) is 3.50. The minimum atomic E-state index is -4.17. The molecule has 0 saturated heterocycles. The Kier molecular flexibility index (Phi) is 3.56. The van der Waals surface area contributed by atoms with E-state index < -0.39 is 12.6 Å². The molecule has 0 bridgehead atoms. The van der Waals surface area contributed by atoms with Crippen molar-refractivity contribution in [2.75, 3.05) is 0 Å². The van der Waals surface area contributed by atoms with Crippen molar-refractivity contribution < 1.29 is 13.2 Å². The van der Waals surface area contributed by atoms with Crippen LogP contribution in [0.2, 0.25) is 5.15 Å². The summed E-state index contributed by atoms with van der Waals surface area (Å²) in [5.41, 5.74) is 1.74. The number of aryl methyl sites for hydroxylation is 2. The summed E-state index contributed by atoms with van der Waals surface area (Å²) in [6.45, 7) is 0. The highest BCUT2D eigenvalue weighted by Gasteiger charge is 2.27. The van der Waals surface area contributed by atoms with Crippen LogP contribution in [0.25, 0.3) is 0 Å². The van der Waals surface area contributed by atoms with Gasteiger partial charge in [-0.2, -0.15) is 13.2 Å². The van der Waals surface area contributed by atoms with Crippen LogP contribution in [0, 0.1) is 0 Å². The van der Waals surface area contributed by atoms with Crippen molar-refractivity contribution in [2.24, 2.45) is 0 Å². The van der Waals surface area contributed by atoms with Crippen LogP contribution in [0.3, 0.4) is 0 Å².